The Hall–Kier alpha value is -3.72. The third-order valence-electron chi connectivity index (χ3n) is 4.02. The third kappa shape index (κ3) is 4.67. The number of amides is 1. The summed E-state index contributed by atoms with van der Waals surface area (Å²) in [7, 11) is 0. The number of hydrogen-bond acceptors (Lipinski definition) is 5. The lowest BCUT2D eigenvalue weighted by atomic mass is 10.0. The lowest BCUT2D eigenvalue weighted by Gasteiger charge is -2.09. The molecular formula is C21H19N5O. The standard InChI is InChI=1S/C21H19N5O/c1-14(2)16-5-9-17(10-6-16)25-20-11-19(23-13-24-20)21(27)26-18-7-3-15(12-22)4-8-18/h3-11,13-14H,1-2H3,(H,26,27)(H,23,24,25). The van der Waals surface area contributed by atoms with Gasteiger partial charge in [0.25, 0.3) is 5.91 Å². The van der Waals surface area contributed by atoms with Crippen LogP contribution in [-0.4, -0.2) is 15.9 Å². The minimum atomic E-state index is -0.347. The molecule has 0 unspecified atom stereocenters. The molecular weight excluding hydrogens is 338 g/mol. The van der Waals surface area contributed by atoms with Crippen LogP contribution in [0.3, 0.4) is 0 Å². The summed E-state index contributed by atoms with van der Waals surface area (Å²) in [6.07, 6.45) is 1.35. The van der Waals surface area contributed by atoms with Crippen LogP contribution in [0.15, 0.2) is 60.9 Å². The van der Waals surface area contributed by atoms with Crippen molar-refractivity contribution in [2.45, 2.75) is 19.8 Å². The van der Waals surface area contributed by atoms with Gasteiger partial charge in [-0.15, -0.1) is 0 Å². The number of hydrogen-bond donors (Lipinski definition) is 2. The molecule has 0 saturated heterocycles. The van der Waals surface area contributed by atoms with E-state index in [1.165, 1.54) is 11.9 Å². The SMILES string of the molecule is CC(C)c1ccc(Nc2cc(C(=O)Nc3ccc(C#N)cc3)ncn2)cc1. The molecule has 2 N–H and O–H groups in total. The first-order valence-electron chi connectivity index (χ1n) is 8.55. The van der Waals surface area contributed by atoms with Crippen molar-refractivity contribution in [1.82, 2.24) is 9.97 Å². The van der Waals surface area contributed by atoms with Crippen molar-refractivity contribution in [1.29, 1.82) is 5.26 Å². The van der Waals surface area contributed by atoms with Gasteiger partial charge in [0, 0.05) is 17.4 Å². The largest absolute Gasteiger partial charge is 0.340 e. The molecule has 134 valence electrons. The van der Waals surface area contributed by atoms with Gasteiger partial charge in [-0.1, -0.05) is 26.0 Å². The zero-order chi connectivity index (χ0) is 19.2. The van der Waals surface area contributed by atoms with Crippen LogP contribution in [-0.2, 0) is 0 Å². The van der Waals surface area contributed by atoms with E-state index in [1.54, 1.807) is 30.3 Å². The Morgan fingerprint density at radius 3 is 2.30 bits per heavy atom. The maximum Gasteiger partial charge on any atom is 0.274 e. The Kier molecular flexibility index (Phi) is 5.43. The molecule has 0 aliphatic rings. The number of rotatable bonds is 5. The molecule has 0 aliphatic carbocycles. The minimum Gasteiger partial charge on any atom is -0.340 e. The van der Waals surface area contributed by atoms with Gasteiger partial charge in [0.05, 0.1) is 11.6 Å². The highest BCUT2D eigenvalue weighted by Gasteiger charge is 2.10. The van der Waals surface area contributed by atoms with Crippen molar-refractivity contribution in [3.8, 4) is 6.07 Å². The van der Waals surface area contributed by atoms with E-state index in [9.17, 15) is 4.79 Å². The van der Waals surface area contributed by atoms with Crippen molar-refractivity contribution >= 4 is 23.1 Å². The number of benzene rings is 2. The van der Waals surface area contributed by atoms with Crippen LogP contribution in [0.2, 0.25) is 0 Å². The van der Waals surface area contributed by atoms with E-state index in [-0.39, 0.29) is 11.6 Å². The Morgan fingerprint density at radius 2 is 1.67 bits per heavy atom. The van der Waals surface area contributed by atoms with Crippen LogP contribution in [0, 0.1) is 11.3 Å². The van der Waals surface area contributed by atoms with Gasteiger partial charge in [-0.25, -0.2) is 9.97 Å². The number of nitrogens with one attached hydrogen (secondary N) is 2. The van der Waals surface area contributed by atoms with E-state index in [2.05, 4.69) is 46.6 Å². The van der Waals surface area contributed by atoms with E-state index >= 15 is 0 Å². The maximum absolute atomic E-state index is 12.4. The number of nitrogens with zero attached hydrogens (tertiary/aromatic N) is 3. The van der Waals surface area contributed by atoms with Crippen molar-refractivity contribution in [3.63, 3.8) is 0 Å². The van der Waals surface area contributed by atoms with Crippen LogP contribution in [0.5, 0.6) is 0 Å². The van der Waals surface area contributed by atoms with Crippen LogP contribution in [0.4, 0.5) is 17.2 Å². The maximum atomic E-state index is 12.4. The predicted molar refractivity (Wildman–Crippen MR) is 105 cm³/mol. The average molecular weight is 357 g/mol. The van der Waals surface area contributed by atoms with Gasteiger partial charge in [0.2, 0.25) is 0 Å². The molecule has 0 radical (unpaired) electrons. The zero-order valence-electron chi connectivity index (χ0n) is 15.1. The highest BCUT2D eigenvalue weighted by atomic mass is 16.1. The van der Waals surface area contributed by atoms with Gasteiger partial charge >= 0.3 is 0 Å². The lowest BCUT2D eigenvalue weighted by Crippen LogP contribution is -2.14. The molecule has 1 aromatic heterocycles. The molecule has 0 atom stereocenters. The Bertz CT molecular complexity index is 973. The van der Waals surface area contributed by atoms with Crippen molar-refractivity contribution in [3.05, 3.63) is 77.7 Å². The van der Waals surface area contributed by atoms with Crippen molar-refractivity contribution in [2.75, 3.05) is 10.6 Å². The highest BCUT2D eigenvalue weighted by Crippen LogP contribution is 2.20. The third-order valence-corrected chi connectivity index (χ3v) is 4.02. The molecule has 2 aromatic carbocycles. The summed E-state index contributed by atoms with van der Waals surface area (Å²) >= 11 is 0. The van der Waals surface area contributed by atoms with Crippen LogP contribution in [0.1, 0.15) is 41.4 Å². The first-order valence-corrected chi connectivity index (χ1v) is 8.55. The van der Waals surface area contributed by atoms with Gasteiger partial charge in [0.1, 0.15) is 17.8 Å². The van der Waals surface area contributed by atoms with Gasteiger partial charge < -0.3 is 10.6 Å². The second-order valence-corrected chi connectivity index (χ2v) is 6.33. The summed E-state index contributed by atoms with van der Waals surface area (Å²) in [5, 5.41) is 14.8. The molecule has 3 aromatic rings. The summed E-state index contributed by atoms with van der Waals surface area (Å²) < 4.78 is 0. The van der Waals surface area contributed by atoms with Crippen LogP contribution >= 0.6 is 0 Å². The molecule has 0 fully saturated rings. The van der Waals surface area contributed by atoms with Gasteiger partial charge in [0.15, 0.2) is 0 Å². The van der Waals surface area contributed by atoms with E-state index in [0.717, 1.165) is 5.69 Å². The molecule has 0 saturated carbocycles. The fraction of sp³-hybridized carbons (Fsp3) is 0.143. The fourth-order valence-corrected chi connectivity index (χ4v) is 2.47. The highest BCUT2D eigenvalue weighted by molar-refractivity contribution is 6.03. The Labute approximate surface area is 157 Å². The van der Waals surface area contributed by atoms with E-state index in [1.807, 2.05) is 18.2 Å². The average Bonchev–Trinajstić information content (AvgIpc) is 2.69. The summed E-state index contributed by atoms with van der Waals surface area (Å²) in [4.78, 5) is 20.6. The molecule has 3 rings (SSSR count). The summed E-state index contributed by atoms with van der Waals surface area (Å²) in [6.45, 7) is 4.29. The number of aromatic nitrogens is 2. The number of carbonyl (C=O) groups excluding carboxylic acids is 1. The predicted octanol–water partition coefficient (Wildman–Crippen LogP) is 4.47. The monoisotopic (exact) mass is 357 g/mol. The smallest absolute Gasteiger partial charge is 0.274 e. The second kappa shape index (κ2) is 8.11. The zero-order valence-corrected chi connectivity index (χ0v) is 15.1. The summed E-state index contributed by atoms with van der Waals surface area (Å²) in [5.74, 6) is 0.656. The van der Waals surface area contributed by atoms with Gasteiger partial charge in [-0.05, 0) is 47.9 Å². The molecule has 6 heteroatoms. The molecule has 1 heterocycles. The molecule has 0 bridgehead atoms. The lowest BCUT2D eigenvalue weighted by molar-refractivity contribution is 0.102. The summed E-state index contributed by atoms with van der Waals surface area (Å²) in [6, 6.07) is 18.3. The van der Waals surface area contributed by atoms with E-state index in [0.29, 0.717) is 23.0 Å². The van der Waals surface area contributed by atoms with Crippen molar-refractivity contribution in [2.24, 2.45) is 0 Å². The fourth-order valence-electron chi connectivity index (χ4n) is 2.47. The van der Waals surface area contributed by atoms with E-state index < -0.39 is 0 Å². The first-order chi connectivity index (χ1) is 13.0. The minimum absolute atomic E-state index is 0.246. The molecule has 0 aliphatic heterocycles. The topological polar surface area (TPSA) is 90.7 Å². The first kappa shape index (κ1) is 18.1. The molecule has 27 heavy (non-hydrogen) atoms. The normalized spacial score (nSPS) is 10.3. The quantitative estimate of drug-likeness (QED) is 0.703. The number of nitriles is 1. The number of anilines is 3. The second-order valence-electron chi connectivity index (χ2n) is 6.33. The van der Waals surface area contributed by atoms with Gasteiger partial charge in [-0.3, -0.25) is 4.79 Å². The van der Waals surface area contributed by atoms with Crippen LogP contribution in [0.25, 0.3) is 0 Å². The van der Waals surface area contributed by atoms with Crippen LogP contribution < -0.4 is 10.6 Å². The van der Waals surface area contributed by atoms with E-state index in [4.69, 9.17) is 5.26 Å². The Morgan fingerprint density at radius 1 is 1.00 bits per heavy atom. The van der Waals surface area contributed by atoms with Crippen molar-refractivity contribution < 1.29 is 4.79 Å². The summed E-state index contributed by atoms with van der Waals surface area (Å²) in [5.41, 5.74) is 3.51. The molecule has 0 spiro atoms. The number of carbonyl (C=O) groups is 1. The molecule has 6 nitrogen and oxygen atoms in total. The Balaban J connectivity index is 1.70. The molecule has 1 amide bonds. The van der Waals surface area contributed by atoms with Gasteiger partial charge in [-0.2, -0.15) is 5.26 Å².